The van der Waals surface area contributed by atoms with E-state index >= 15 is 0 Å². The first kappa shape index (κ1) is 19.6. The Hall–Kier alpha value is -2.15. The zero-order chi connectivity index (χ0) is 19.2. The van der Waals surface area contributed by atoms with Gasteiger partial charge in [0.15, 0.2) is 0 Å². The second-order valence-corrected chi connectivity index (χ2v) is 7.30. The summed E-state index contributed by atoms with van der Waals surface area (Å²) in [6.45, 7) is 5.39. The Morgan fingerprint density at radius 1 is 1.15 bits per heavy atom. The average Bonchev–Trinajstić information content (AvgIpc) is 2.64. The molecule has 0 aliphatic carbocycles. The van der Waals surface area contributed by atoms with E-state index in [1.54, 1.807) is 36.4 Å². The Morgan fingerprint density at radius 3 is 2.63 bits per heavy atom. The molecule has 3 rings (SSSR count). The Bertz CT molecular complexity index is 792. The number of aryl methyl sites for hydroxylation is 1. The fourth-order valence-electron chi connectivity index (χ4n) is 3.18. The van der Waals surface area contributed by atoms with E-state index in [-0.39, 0.29) is 11.4 Å². The highest BCUT2D eigenvalue weighted by molar-refractivity contribution is 6.30. The van der Waals surface area contributed by atoms with E-state index < -0.39 is 4.92 Å². The molecule has 1 heterocycles. The maximum Gasteiger partial charge on any atom is 0.311 e. The van der Waals surface area contributed by atoms with Crippen LogP contribution in [0.4, 0.5) is 5.69 Å². The summed E-state index contributed by atoms with van der Waals surface area (Å²) in [6, 6.07) is 12.0. The van der Waals surface area contributed by atoms with Crippen LogP contribution in [0.15, 0.2) is 42.5 Å². The molecule has 1 aliphatic heterocycles. The first-order valence-corrected chi connectivity index (χ1v) is 9.51. The van der Waals surface area contributed by atoms with E-state index in [0.717, 1.165) is 51.1 Å². The van der Waals surface area contributed by atoms with Crippen LogP contribution in [-0.2, 0) is 6.42 Å². The highest BCUT2D eigenvalue weighted by atomic mass is 35.5. The highest BCUT2D eigenvalue weighted by Gasteiger charge is 2.18. The normalized spacial score (nSPS) is 15.6. The number of nitro benzene ring substituents is 1. The van der Waals surface area contributed by atoms with E-state index in [2.05, 4.69) is 16.8 Å². The average molecular weight is 390 g/mol. The number of piperazine rings is 1. The zero-order valence-electron chi connectivity index (χ0n) is 15.4. The van der Waals surface area contributed by atoms with Gasteiger partial charge in [-0.2, -0.15) is 0 Å². The number of benzene rings is 2. The van der Waals surface area contributed by atoms with Crippen molar-refractivity contribution in [3.63, 3.8) is 0 Å². The van der Waals surface area contributed by atoms with Crippen LogP contribution in [0.5, 0.6) is 11.5 Å². The van der Waals surface area contributed by atoms with Gasteiger partial charge < -0.3 is 14.5 Å². The molecule has 0 radical (unpaired) electrons. The van der Waals surface area contributed by atoms with Gasteiger partial charge in [-0.1, -0.05) is 23.7 Å². The van der Waals surface area contributed by atoms with Gasteiger partial charge in [-0.3, -0.25) is 10.1 Å². The molecular formula is C20H24ClN3O3. The summed E-state index contributed by atoms with van der Waals surface area (Å²) in [7, 11) is 2.14. The van der Waals surface area contributed by atoms with Crippen LogP contribution in [0, 0.1) is 10.1 Å². The third-order valence-corrected chi connectivity index (χ3v) is 5.01. The summed E-state index contributed by atoms with van der Waals surface area (Å²) in [6.07, 6.45) is 1.79. The topological polar surface area (TPSA) is 58.8 Å². The standard InChI is InChI=1S/C20H24ClN3O3/c1-22-10-12-23(13-11-22)9-3-4-16-7-8-20(19(14-16)24(25)26)27-18-6-2-5-17(21)15-18/h2,5-8,14-15H,3-4,9-13H2,1H3. The van der Waals surface area contributed by atoms with Crippen LogP contribution in [0.3, 0.4) is 0 Å². The molecule has 0 spiro atoms. The Labute approximate surface area is 164 Å². The maximum atomic E-state index is 11.5. The summed E-state index contributed by atoms with van der Waals surface area (Å²) >= 11 is 5.95. The lowest BCUT2D eigenvalue weighted by atomic mass is 10.1. The van der Waals surface area contributed by atoms with Crippen LogP contribution < -0.4 is 4.74 Å². The van der Waals surface area contributed by atoms with Crippen molar-refractivity contribution in [1.29, 1.82) is 0 Å². The molecule has 0 N–H and O–H groups in total. The van der Waals surface area contributed by atoms with Gasteiger partial charge in [0.1, 0.15) is 5.75 Å². The van der Waals surface area contributed by atoms with E-state index in [9.17, 15) is 10.1 Å². The van der Waals surface area contributed by atoms with Crippen LogP contribution in [0.2, 0.25) is 5.02 Å². The lowest BCUT2D eigenvalue weighted by Gasteiger charge is -2.32. The van der Waals surface area contributed by atoms with Gasteiger partial charge in [-0.25, -0.2) is 0 Å². The van der Waals surface area contributed by atoms with E-state index in [1.807, 2.05) is 6.07 Å². The number of nitro groups is 1. The van der Waals surface area contributed by atoms with Crippen molar-refractivity contribution < 1.29 is 9.66 Å². The van der Waals surface area contributed by atoms with Gasteiger partial charge in [0.2, 0.25) is 5.75 Å². The molecule has 7 heteroatoms. The molecule has 27 heavy (non-hydrogen) atoms. The van der Waals surface area contributed by atoms with Crippen molar-refractivity contribution in [3.05, 3.63) is 63.2 Å². The van der Waals surface area contributed by atoms with Crippen molar-refractivity contribution in [3.8, 4) is 11.5 Å². The molecule has 0 atom stereocenters. The molecule has 1 aliphatic rings. The number of hydrogen-bond donors (Lipinski definition) is 0. The minimum Gasteiger partial charge on any atom is -0.450 e. The SMILES string of the molecule is CN1CCN(CCCc2ccc(Oc3cccc(Cl)c3)c([N+](=O)[O-])c2)CC1. The first-order valence-electron chi connectivity index (χ1n) is 9.13. The second-order valence-electron chi connectivity index (χ2n) is 6.87. The van der Waals surface area contributed by atoms with Gasteiger partial charge in [0.05, 0.1) is 4.92 Å². The molecule has 6 nitrogen and oxygen atoms in total. The van der Waals surface area contributed by atoms with E-state index in [4.69, 9.17) is 16.3 Å². The predicted octanol–water partition coefficient (Wildman–Crippen LogP) is 4.22. The van der Waals surface area contributed by atoms with Crippen LogP contribution >= 0.6 is 11.6 Å². The van der Waals surface area contributed by atoms with Crippen LogP contribution in [0.1, 0.15) is 12.0 Å². The summed E-state index contributed by atoms with van der Waals surface area (Å²) in [5.74, 6) is 0.707. The monoisotopic (exact) mass is 389 g/mol. The van der Waals surface area contributed by atoms with Gasteiger partial charge in [-0.05, 0) is 56.3 Å². The third-order valence-electron chi connectivity index (χ3n) is 4.78. The third kappa shape index (κ3) is 5.66. The van der Waals surface area contributed by atoms with Crippen LogP contribution in [0.25, 0.3) is 0 Å². The maximum absolute atomic E-state index is 11.5. The summed E-state index contributed by atoms with van der Waals surface area (Å²) in [5.41, 5.74) is 0.932. The Kier molecular flexibility index (Phi) is 6.66. The molecule has 1 saturated heterocycles. The summed E-state index contributed by atoms with van der Waals surface area (Å²) in [4.78, 5) is 15.9. The molecule has 2 aromatic rings. The number of nitrogens with zero attached hydrogens (tertiary/aromatic N) is 3. The molecule has 1 fully saturated rings. The Balaban J connectivity index is 1.62. The number of likely N-dealkylation sites (N-methyl/N-ethyl adjacent to an activating group) is 1. The lowest BCUT2D eigenvalue weighted by Crippen LogP contribution is -2.44. The van der Waals surface area contributed by atoms with E-state index in [1.165, 1.54) is 0 Å². The van der Waals surface area contributed by atoms with Crippen molar-refractivity contribution >= 4 is 17.3 Å². The lowest BCUT2D eigenvalue weighted by molar-refractivity contribution is -0.385. The molecule has 0 bridgehead atoms. The zero-order valence-corrected chi connectivity index (χ0v) is 16.2. The molecule has 0 amide bonds. The molecule has 2 aromatic carbocycles. The van der Waals surface area contributed by atoms with E-state index in [0.29, 0.717) is 10.8 Å². The summed E-state index contributed by atoms with van der Waals surface area (Å²) < 4.78 is 5.68. The fourth-order valence-corrected chi connectivity index (χ4v) is 3.36. The Morgan fingerprint density at radius 2 is 1.93 bits per heavy atom. The molecule has 0 unspecified atom stereocenters. The number of halogens is 1. The fraction of sp³-hybridized carbons (Fsp3) is 0.400. The van der Waals surface area contributed by atoms with Crippen molar-refractivity contribution in [2.75, 3.05) is 39.8 Å². The van der Waals surface area contributed by atoms with Gasteiger partial charge in [0, 0.05) is 37.3 Å². The predicted molar refractivity (Wildman–Crippen MR) is 107 cm³/mol. The minimum absolute atomic E-state index is 0.0212. The largest absolute Gasteiger partial charge is 0.450 e. The van der Waals surface area contributed by atoms with Crippen molar-refractivity contribution in [1.82, 2.24) is 9.80 Å². The number of hydrogen-bond acceptors (Lipinski definition) is 5. The first-order chi connectivity index (χ1) is 13.0. The molecule has 0 aromatic heterocycles. The van der Waals surface area contributed by atoms with Gasteiger partial charge in [0.25, 0.3) is 0 Å². The minimum atomic E-state index is -0.399. The van der Waals surface area contributed by atoms with Crippen molar-refractivity contribution in [2.45, 2.75) is 12.8 Å². The second kappa shape index (κ2) is 9.17. The van der Waals surface area contributed by atoms with Crippen LogP contribution in [-0.4, -0.2) is 54.5 Å². The quantitative estimate of drug-likeness (QED) is 0.524. The molecule has 144 valence electrons. The highest BCUT2D eigenvalue weighted by Crippen LogP contribution is 2.33. The van der Waals surface area contributed by atoms with Gasteiger partial charge >= 0.3 is 5.69 Å². The smallest absolute Gasteiger partial charge is 0.311 e. The summed E-state index contributed by atoms with van der Waals surface area (Å²) in [5, 5.41) is 12.0. The van der Waals surface area contributed by atoms with Gasteiger partial charge in [-0.15, -0.1) is 0 Å². The number of rotatable bonds is 7. The van der Waals surface area contributed by atoms with Crippen molar-refractivity contribution in [2.24, 2.45) is 0 Å². The molecule has 0 saturated carbocycles. The molecular weight excluding hydrogens is 366 g/mol. The number of ether oxygens (including phenoxy) is 1.